The summed E-state index contributed by atoms with van der Waals surface area (Å²) >= 11 is 0. The molecule has 1 aromatic carbocycles. The molecule has 3 atom stereocenters. The Hall–Kier alpha value is -1.31. The van der Waals surface area contributed by atoms with E-state index in [0.29, 0.717) is 11.8 Å². The maximum atomic E-state index is 11.0. The Bertz CT molecular complexity index is 506. The zero-order valence-electron chi connectivity index (χ0n) is 12.3. The van der Waals surface area contributed by atoms with Crippen LogP contribution in [0.15, 0.2) is 18.2 Å². The number of carbonyl (C=O) groups is 1. The van der Waals surface area contributed by atoms with Crippen LogP contribution in [-0.4, -0.2) is 11.1 Å². The maximum absolute atomic E-state index is 11.0. The average molecular weight is 272 g/mol. The monoisotopic (exact) mass is 272 g/mol. The summed E-state index contributed by atoms with van der Waals surface area (Å²) in [6, 6.07) is 7.01. The Kier molecular flexibility index (Phi) is 3.82. The van der Waals surface area contributed by atoms with Crippen molar-refractivity contribution in [1.29, 1.82) is 0 Å². The van der Waals surface area contributed by atoms with Gasteiger partial charge in [-0.25, -0.2) is 0 Å². The van der Waals surface area contributed by atoms with E-state index in [9.17, 15) is 4.79 Å². The summed E-state index contributed by atoms with van der Waals surface area (Å²) in [5.41, 5.74) is 4.51. The lowest BCUT2D eigenvalue weighted by atomic mass is 9.85. The van der Waals surface area contributed by atoms with Crippen molar-refractivity contribution >= 4 is 5.97 Å². The van der Waals surface area contributed by atoms with Crippen molar-refractivity contribution in [3.8, 4) is 0 Å². The Balaban J connectivity index is 1.71. The smallest absolute Gasteiger partial charge is 0.306 e. The number of aliphatic carboxylic acids is 1. The van der Waals surface area contributed by atoms with Crippen LogP contribution in [0.2, 0.25) is 0 Å². The van der Waals surface area contributed by atoms with Gasteiger partial charge in [0.25, 0.3) is 0 Å². The highest BCUT2D eigenvalue weighted by atomic mass is 16.4. The first-order valence-electron chi connectivity index (χ1n) is 8.03. The third kappa shape index (κ3) is 2.74. The van der Waals surface area contributed by atoms with Crippen molar-refractivity contribution in [3.63, 3.8) is 0 Å². The van der Waals surface area contributed by atoms with E-state index in [4.69, 9.17) is 5.11 Å². The minimum atomic E-state index is -0.602. The van der Waals surface area contributed by atoms with Gasteiger partial charge in [-0.15, -0.1) is 0 Å². The molecular weight excluding hydrogens is 248 g/mol. The summed E-state index contributed by atoms with van der Waals surface area (Å²) < 4.78 is 0. The fraction of sp³-hybridized carbons (Fsp3) is 0.611. The first-order chi connectivity index (χ1) is 9.69. The highest BCUT2D eigenvalue weighted by Crippen LogP contribution is 2.46. The van der Waals surface area contributed by atoms with E-state index in [0.717, 1.165) is 19.3 Å². The Morgan fingerprint density at radius 1 is 1.30 bits per heavy atom. The molecule has 20 heavy (non-hydrogen) atoms. The topological polar surface area (TPSA) is 37.3 Å². The molecule has 0 heterocycles. The van der Waals surface area contributed by atoms with Crippen molar-refractivity contribution < 1.29 is 9.90 Å². The van der Waals surface area contributed by atoms with Crippen molar-refractivity contribution in [2.24, 2.45) is 11.8 Å². The minimum Gasteiger partial charge on any atom is -0.481 e. The molecule has 2 heteroatoms. The third-order valence-corrected chi connectivity index (χ3v) is 5.16. The zero-order chi connectivity index (χ0) is 14.1. The van der Waals surface area contributed by atoms with E-state index in [1.165, 1.54) is 42.4 Å². The summed E-state index contributed by atoms with van der Waals surface area (Å²) in [6.45, 7) is 2.22. The average Bonchev–Trinajstić information content (AvgIpc) is 3.24. The Morgan fingerprint density at radius 3 is 2.70 bits per heavy atom. The largest absolute Gasteiger partial charge is 0.481 e. The normalized spacial score (nSPS) is 25.9. The Morgan fingerprint density at radius 2 is 2.05 bits per heavy atom. The molecule has 0 spiro atoms. The molecular formula is C18H24O2. The van der Waals surface area contributed by atoms with Crippen molar-refractivity contribution in [1.82, 2.24) is 0 Å². The standard InChI is InChI=1S/C18H24O2/c1-2-12(9-16-11-17(16)18(19)20)15-8-7-13-5-3-4-6-14(13)10-15/h7-8,10,12,16-17H,2-6,9,11H2,1H3,(H,19,20). The van der Waals surface area contributed by atoms with Crippen molar-refractivity contribution in [3.05, 3.63) is 34.9 Å². The molecule has 1 N–H and O–H groups in total. The number of fused-ring (bicyclic) bond motifs is 1. The molecule has 3 rings (SSSR count). The summed E-state index contributed by atoms with van der Waals surface area (Å²) in [7, 11) is 0. The van der Waals surface area contributed by atoms with Crippen LogP contribution in [0.4, 0.5) is 0 Å². The quantitative estimate of drug-likeness (QED) is 0.873. The second kappa shape index (κ2) is 5.59. The minimum absolute atomic E-state index is 0.0679. The first kappa shape index (κ1) is 13.7. The lowest BCUT2D eigenvalue weighted by Gasteiger charge is -2.20. The highest BCUT2D eigenvalue weighted by molar-refractivity contribution is 5.73. The lowest BCUT2D eigenvalue weighted by Crippen LogP contribution is -2.07. The fourth-order valence-electron chi connectivity index (χ4n) is 3.72. The lowest BCUT2D eigenvalue weighted by molar-refractivity contribution is -0.138. The van der Waals surface area contributed by atoms with Crippen LogP contribution < -0.4 is 0 Å². The van der Waals surface area contributed by atoms with Gasteiger partial charge in [0.1, 0.15) is 0 Å². The molecule has 0 amide bonds. The van der Waals surface area contributed by atoms with Crippen LogP contribution >= 0.6 is 0 Å². The van der Waals surface area contributed by atoms with Gasteiger partial charge in [0, 0.05) is 0 Å². The van der Waals surface area contributed by atoms with E-state index < -0.39 is 5.97 Å². The number of hydrogen-bond acceptors (Lipinski definition) is 1. The molecule has 1 aromatic rings. The highest BCUT2D eigenvalue weighted by Gasteiger charge is 2.43. The molecule has 1 saturated carbocycles. The van der Waals surface area contributed by atoms with Crippen molar-refractivity contribution in [2.45, 2.75) is 57.8 Å². The van der Waals surface area contributed by atoms with Gasteiger partial charge in [-0.05, 0) is 73.5 Å². The van der Waals surface area contributed by atoms with E-state index in [1.54, 1.807) is 0 Å². The van der Waals surface area contributed by atoms with Crippen LogP contribution in [0.5, 0.6) is 0 Å². The van der Waals surface area contributed by atoms with Gasteiger partial charge in [-0.3, -0.25) is 4.79 Å². The number of rotatable bonds is 5. The second-order valence-corrected chi connectivity index (χ2v) is 6.52. The number of carboxylic acid groups (broad SMARTS) is 1. The summed E-state index contributed by atoms with van der Waals surface area (Å²) in [5.74, 6) is 0.280. The van der Waals surface area contributed by atoms with Gasteiger partial charge >= 0.3 is 5.97 Å². The van der Waals surface area contributed by atoms with E-state index >= 15 is 0 Å². The second-order valence-electron chi connectivity index (χ2n) is 6.52. The molecule has 2 nitrogen and oxygen atoms in total. The van der Waals surface area contributed by atoms with E-state index in [1.807, 2.05) is 0 Å². The number of benzene rings is 1. The molecule has 3 unspecified atom stereocenters. The van der Waals surface area contributed by atoms with Gasteiger partial charge in [-0.2, -0.15) is 0 Å². The van der Waals surface area contributed by atoms with E-state index in [2.05, 4.69) is 25.1 Å². The molecule has 0 aliphatic heterocycles. The van der Waals surface area contributed by atoms with Gasteiger partial charge < -0.3 is 5.11 Å². The van der Waals surface area contributed by atoms with Gasteiger partial charge in [0.05, 0.1) is 5.92 Å². The van der Waals surface area contributed by atoms with Gasteiger partial charge in [-0.1, -0.05) is 25.1 Å². The van der Waals surface area contributed by atoms with Crippen molar-refractivity contribution in [2.75, 3.05) is 0 Å². The van der Waals surface area contributed by atoms with Crippen LogP contribution in [0.1, 0.15) is 61.6 Å². The first-order valence-corrected chi connectivity index (χ1v) is 8.03. The molecule has 0 aromatic heterocycles. The molecule has 0 saturated heterocycles. The van der Waals surface area contributed by atoms with Crippen LogP contribution in [0, 0.1) is 11.8 Å². The Labute approximate surface area is 121 Å². The SMILES string of the molecule is CCC(CC1CC1C(=O)O)c1ccc2c(c1)CCCC2. The summed E-state index contributed by atoms with van der Waals surface area (Å²) in [4.78, 5) is 11.0. The molecule has 1 fully saturated rings. The summed E-state index contributed by atoms with van der Waals surface area (Å²) in [6.07, 6.45) is 8.14. The van der Waals surface area contributed by atoms with Gasteiger partial charge in [0.2, 0.25) is 0 Å². The third-order valence-electron chi connectivity index (χ3n) is 5.16. The van der Waals surface area contributed by atoms with Crippen LogP contribution in [0.3, 0.4) is 0 Å². The number of hydrogen-bond donors (Lipinski definition) is 1. The fourth-order valence-corrected chi connectivity index (χ4v) is 3.72. The molecule has 0 radical (unpaired) electrons. The van der Waals surface area contributed by atoms with E-state index in [-0.39, 0.29) is 5.92 Å². The van der Waals surface area contributed by atoms with Gasteiger partial charge in [0.15, 0.2) is 0 Å². The number of aryl methyl sites for hydroxylation is 2. The van der Waals surface area contributed by atoms with Crippen LogP contribution in [0.25, 0.3) is 0 Å². The zero-order valence-corrected chi connectivity index (χ0v) is 12.3. The molecule has 0 bridgehead atoms. The van der Waals surface area contributed by atoms with Crippen LogP contribution in [-0.2, 0) is 17.6 Å². The molecule has 108 valence electrons. The molecule has 2 aliphatic carbocycles. The predicted octanol–water partition coefficient (Wildman–Crippen LogP) is 4.17. The predicted molar refractivity (Wildman–Crippen MR) is 80.0 cm³/mol. The maximum Gasteiger partial charge on any atom is 0.306 e. The molecule has 2 aliphatic rings. The summed E-state index contributed by atoms with van der Waals surface area (Å²) in [5, 5.41) is 9.04. The number of carboxylic acids is 1.